The van der Waals surface area contributed by atoms with Gasteiger partial charge in [-0.25, -0.2) is 0 Å². The Hall–Kier alpha value is -2.48. The fraction of sp³-hybridized carbons (Fsp3) is 0.500. The molecule has 0 aliphatic heterocycles. The van der Waals surface area contributed by atoms with Crippen molar-refractivity contribution in [2.75, 3.05) is 13.1 Å². The monoisotopic (exact) mass is 220 g/mol. The van der Waals surface area contributed by atoms with E-state index < -0.39 is 11.8 Å². The van der Waals surface area contributed by atoms with E-state index in [0.717, 1.165) is 0 Å². The Balaban J connectivity index is 4.14. The molecule has 0 radical (unpaired) electrons. The van der Waals surface area contributed by atoms with E-state index in [0.29, 0.717) is 0 Å². The molecule has 0 saturated carbocycles. The topological polar surface area (TPSA) is 172 Å². The molecule has 0 aromatic carbocycles. The summed E-state index contributed by atoms with van der Waals surface area (Å²) in [6, 6.07) is 3.58. The van der Waals surface area contributed by atoms with Crippen LogP contribution in [0.4, 0.5) is 0 Å². The van der Waals surface area contributed by atoms with Gasteiger partial charge in [-0.15, -0.1) is 0 Å². The zero-order valence-corrected chi connectivity index (χ0v) is 8.51. The van der Waals surface area contributed by atoms with Crippen LogP contribution in [0.3, 0.4) is 0 Å². The third kappa shape index (κ3) is 4.67. The van der Waals surface area contributed by atoms with Gasteiger partial charge in [-0.3, -0.25) is 10.8 Å². The van der Waals surface area contributed by atoms with Crippen molar-refractivity contribution < 1.29 is 0 Å². The van der Waals surface area contributed by atoms with Crippen LogP contribution in [0.2, 0.25) is 0 Å². The summed E-state index contributed by atoms with van der Waals surface area (Å²) in [6.07, 6.45) is 0. The first-order valence-electron chi connectivity index (χ1n) is 4.33. The van der Waals surface area contributed by atoms with E-state index in [2.05, 4.69) is 10.2 Å². The maximum absolute atomic E-state index is 8.56. The highest BCUT2D eigenvalue weighted by Crippen LogP contribution is 1.98. The van der Waals surface area contributed by atoms with Crippen molar-refractivity contribution in [1.82, 2.24) is 0 Å². The quantitative estimate of drug-likeness (QED) is 0.271. The number of amidine groups is 2. The highest BCUT2D eigenvalue weighted by molar-refractivity contribution is 5.82. The number of nitriles is 2. The maximum Gasteiger partial charge on any atom is 0.124 e. The first kappa shape index (κ1) is 13.5. The van der Waals surface area contributed by atoms with Crippen LogP contribution in [-0.2, 0) is 0 Å². The summed E-state index contributed by atoms with van der Waals surface area (Å²) in [6.45, 7) is -0.0518. The van der Waals surface area contributed by atoms with E-state index in [1.54, 1.807) is 12.1 Å². The van der Waals surface area contributed by atoms with Gasteiger partial charge in [0.2, 0.25) is 0 Å². The first-order chi connectivity index (χ1) is 7.52. The molecule has 0 aromatic heterocycles. The van der Waals surface area contributed by atoms with Gasteiger partial charge < -0.3 is 11.5 Å². The predicted molar refractivity (Wildman–Crippen MR) is 56.6 cm³/mol. The maximum atomic E-state index is 8.56. The Morgan fingerprint density at radius 3 is 1.50 bits per heavy atom. The standard InChI is InChI=1S/C8H12N8/c9-1-5(7(11)12)3-15-16-4-6(2-10)8(13)14/h5-6H,3-4H2,(H3,11,12)(H3,13,14). The highest BCUT2D eigenvalue weighted by Gasteiger charge is 2.11. The lowest BCUT2D eigenvalue weighted by atomic mass is 10.1. The Bertz CT molecular complexity index is 334. The average molecular weight is 220 g/mol. The Kier molecular flexibility index (Phi) is 5.83. The predicted octanol–water partition coefficient (Wildman–Crippen LogP) is -0.410. The number of hydrogen-bond donors (Lipinski definition) is 4. The third-order valence-corrected chi connectivity index (χ3v) is 1.69. The van der Waals surface area contributed by atoms with Crippen LogP contribution in [0.25, 0.3) is 0 Å². The van der Waals surface area contributed by atoms with E-state index >= 15 is 0 Å². The van der Waals surface area contributed by atoms with Gasteiger partial charge in [-0.05, 0) is 0 Å². The lowest BCUT2D eigenvalue weighted by Gasteiger charge is -2.02. The largest absolute Gasteiger partial charge is 0.386 e. The van der Waals surface area contributed by atoms with Gasteiger partial charge in [-0.2, -0.15) is 20.8 Å². The second-order valence-corrected chi connectivity index (χ2v) is 2.92. The molecule has 0 saturated heterocycles. The fourth-order valence-corrected chi connectivity index (χ4v) is 0.696. The van der Waals surface area contributed by atoms with Crippen LogP contribution in [0.1, 0.15) is 0 Å². The van der Waals surface area contributed by atoms with Gasteiger partial charge in [-0.1, -0.05) is 0 Å². The van der Waals surface area contributed by atoms with Crippen molar-refractivity contribution in [2.24, 2.45) is 33.5 Å². The molecular formula is C8H12N8. The Morgan fingerprint density at radius 2 is 1.31 bits per heavy atom. The molecule has 0 heterocycles. The van der Waals surface area contributed by atoms with Crippen LogP contribution in [0.5, 0.6) is 0 Å². The minimum absolute atomic E-state index is 0.0259. The van der Waals surface area contributed by atoms with E-state index in [-0.39, 0.29) is 24.8 Å². The van der Waals surface area contributed by atoms with Crippen LogP contribution < -0.4 is 11.5 Å². The smallest absolute Gasteiger partial charge is 0.124 e. The highest BCUT2D eigenvalue weighted by atomic mass is 15.1. The summed E-state index contributed by atoms with van der Waals surface area (Å²) >= 11 is 0. The van der Waals surface area contributed by atoms with Crippen molar-refractivity contribution in [3.8, 4) is 12.1 Å². The zero-order valence-electron chi connectivity index (χ0n) is 8.51. The van der Waals surface area contributed by atoms with Crippen molar-refractivity contribution in [1.29, 1.82) is 21.3 Å². The summed E-state index contributed by atoms with van der Waals surface area (Å²) in [7, 11) is 0. The van der Waals surface area contributed by atoms with Crippen LogP contribution in [-0.4, -0.2) is 24.8 Å². The molecule has 0 rings (SSSR count). The minimum atomic E-state index is -0.804. The van der Waals surface area contributed by atoms with Crippen molar-refractivity contribution in [3.63, 3.8) is 0 Å². The van der Waals surface area contributed by atoms with Crippen LogP contribution in [0, 0.1) is 45.3 Å². The lowest BCUT2D eigenvalue weighted by Crippen LogP contribution is -2.24. The molecular weight excluding hydrogens is 208 g/mol. The van der Waals surface area contributed by atoms with Gasteiger partial charge in [0.15, 0.2) is 0 Å². The second-order valence-electron chi connectivity index (χ2n) is 2.92. The fourth-order valence-electron chi connectivity index (χ4n) is 0.696. The lowest BCUT2D eigenvalue weighted by molar-refractivity contribution is 0.744. The normalized spacial score (nSPS) is 13.6. The number of nitrogens with one attached hydrogen (secondary N) is 2. The molecule has 0 fully saturated rings. The zero-order chi connectivity index (χ0) is 12.6. The molecule has 0 aliphatic rings. The summed E-state index contributed by atoms with van der Waals surface area (Å²) in [5.74, 6) is -2.15. The molecule has 2 atom stereocenters. The van der Waals surface area contributed by atoms with Gasteiger partial charge in [0.1, 0.15) is 23.5 Å². The molecule has 0 aromatic rings. The molecule has 8 nitrogen and oxygen atoms in total. The number of azo groups is 1. The molecule has 0 aliphatic carbocycles. The SMILES string of the molecule is N#CC(CN=NCC(C#N)C(=N)N)C(=N)N. The van der Waals surface area contributed by atoms with Crippen LogP contribution in [0.15, 0.2) is 10.2 Å². The molecule has 8 heteroatoms. The van der Waals surface area contributed by atoms with Crippen molar-refractivity contribution >= 4 is 11.7 Å². The third-order valence-electron chi connectivity index (χ3n) is 1.69. The van der Waals surface area contributed by atoms with Gasteiger partial charge in [0.25, 0.3) is 0 Å². The van der Waals surface area contributed by atoms with E-state index in [4.69, 9.17) is 32.8 Å². The molecule has 0 amide bonds. The summed E-state index contributed by atoms with van der Waals surface area (Å²) in [4.78, 5) is 0. The number of hydrogen-bond acceptors (Lipinski definition) is 6. The van der Waals surface area contributed by atoms with E-state index in [9.17, 15) is 0 Å². The Morgan fingerprint density at radius 1 is 1.00 bits per heavy atom. The molecule has 0 bridgehead atoms. The Labute approximate surface area is 92.6 Å². The summed E-state index contributed by atoms with van der Waals surface area (Å²) < 4.78 is 0. The first-order valence-corrected chi connectivity index (χ1v) is 4.33. The van der Waals surface area contributed by atoms with Crippen molar-refractivity contribution in [2.45, 2.75) is 0 Å². The number of nitrogens with zero attached hydrogens (tertiary/aromatic N) is 4. The molecule has 16 heavy (non-hydrogen) atoms. The molecule has 84 valence electrons. The van der Waals surface area contributed by atoms with E-state index in [1.165, 1.54) is 0 Å². The molecule has 0 spiro atoms. The molecule has 6 N–H and O–H groups in total. The van der Waals surface area contributed by atoms with Gasteiger partial charge >= 0.3 is 0 Å². The van der Waals surface area contributed by atoms with Crippen LogP contribution >= 0.6 is 0 Å². The second kappa shape index (κ2) is 6.90. The summed E-state index contributed by atoms with van der Waals surface area (Å²) in [5.41, 5.74) is 10.2. The number of rotatable bonds is 6. The minimum Gasteiger partial charge on any atom is -0.386 e. The van der Waals surface area contributed by atoms with E-state index in [1.807, 2.05) is 0 Å². The van der Waals surface area contributed by atoms with Gasteiger partial charge in [0, 0.05) is 0 Å². The average Bonchev–Trinajstić information content (AvgIpc) is 2.22. The molecule has 2 unspecified atom stereocenters. The van der Waals surface area contributed by atoms with Crippen molar-refractivity contribution in [3.05, 3.63) is 0 Å². The number of nitrogens with two attached hydrogens (primary N) is 2. The summed E-state index contributed by atoms with van der Waals surface area (Å²) in [5, 5.41) is 38.4. The van der Waals surface area contributed by atoms with Gasteiger partial charge in [0.05, 0.1) is 25.2 Å².